The molecule has 1 aromatic rings. The first-order valence-electron chi connectivity index (χ1n) is 7.29. The molecule has 106 valence electrons. The minimum atomic E-state index is -1.88. The summed E-state index contributed by atoms with van der Waals surface area (Å²) < 4.78 is 0. The first-order valence-corrected chi connectivity index (χ1v) is 9.91. The SMILES string of the molecule is CC[Si](CC)(CC)C(=O)[C@@H](C)[C@@H](O)c1ccccc1. The summed E-state index contributed by atoms with van der Waals surface area (Å²) in [6.45, 7) is 8.25. The van der Waals surface area contributed by atoms with Crippen LogP contribution in [0.5, 0.6) is 0 Å². The summed E-state index contributed by atoms with van der Waals surface area (Å²) in [5, 5.41) is 10.7. The fourth-order valence-electron chi connectivity index (χ4n) is 2.84. The average molecular weight is 278 g/mol. The second kappa shape index (κ2) is 7.01. The van der Waals surface area contributed by atoms with Gasteiger partial charge in [-0.3, -0.25) is 0 Å². The van der Waals surface area contributed by atoms with E-state index in [1.807, 2.05) is 37.3 Å². The molecular weight excluding hydrogens is 252 g/mol. The normalized spacial score (nSPS) is 15.0. The third-order valence-corrected chi connectivity index (χ3v) is 10.1. The molecule has 2 nitrogen and oxygen atoms in total. The summed E-state index contributed by atoms with van der Waals surface area (Å²) in [5.74, 6) is -0.297. The smallest absolute Gasteiger partial charge is 0.132 e. The van der Waals surface area contributed by atoms with Gasteiger partial charge in [-0.05, 0) is 5.56 Å². The first kappa shape index (κ1) is 16.1. The van der Waals surface area contributed by atoms with E-state index in [0.29, 0.717) is 5.41 Å². The molecule has 0 amide bonds. The van der Waals surface area contributed by atoms with Gasteiger partial charge >= 0.3 is 0 Å². The van der Waals surface area contributed by atoms with Gasteiger partial charge in [-0.15, -0.1) is 0 Å². The lowest BCUT2D eigenvalue weighted by atomic mass is 9.99. The van der Waals surface area contributed by atoms with E-state index < -0.39 is 14.2 Å². The molecule has 3 heteroatoms. The molecule has 1 N–H and O–H groups in total. The fraction of sp³-hybridized carbons (Fsp3) is 0.562. The maximum Gasteiger partial charge on any atom is 0.132 e. The molecular formula is C16H26O2Si. The molecule has 0 unspecified atom stereocenters. The van der Waals surface area contributed by atoms with Gasteiger partial charge in [0.1, 0.15) is 13.5 Å². The molecule has 0 aromatic heterocycles. The Kier molecular flexibility index (Phi) is 5.95. The molecule has 0 bridgehead atoms. The van der Waals surface area contributed by atoms with Gasteiger partial charge in [0.2, 0.25) is 0 Å². The van der Waals surface area contributed by atoms with Crippen molar-refractivity contribution >= 4 is 13.5 Å². The number of hydrogen-bond donors (Lipinski definition) is 1. The van der Waals surface area contributed by atoms with Gasteiger partial charge in [-0.2, -0.15) is 0 Å². The predicted molar refractivity (Wildman–Crippen MR) is 82.8 cm³/mol. The lowest BCUT2D eigenvalue weighted by molar-refractivity contribution is -0.119. The Balaban J connectivity index is 2.93. The number of carbonyl (C=O) groups is 1. The second-order valence-corrected chi connectivity index (χ2v) is 10.5. The summed E-state index contributed by atoms with van der Waals surface area (Å²) in [4.78, 5) is 12.8. The molecule has 0 heterocycles. The van der Waals surface area contributed by atoms with Crippen molar-refractivity contribution in [1.82, 2.24) is 0 Å². The van der Waals surface area contributed by atoms with E-state index in [0.717, 1.165) is 23.7 Å². The first-order chi connectivity index (χ1) is 9.02. The summed E-state index contributed by atoms with van der Waals surface area (Å²) in [6.07, 6.45) is -0.676. The maximum absolute atomic E-state index is 12.8. The van der Waals surface area contributed by atoms with Crippen LogP contribution in [0.1, 0.15) is 39.4 Å². The van der Waals surface area contributed by atoms with E-state index in [1.54, 1.807) is 0 Å². The monoisotopic (exact) mass is 278 g/mol. The average Bonchev–Trinajstić information content (AvgIpc) is 2.48. The van der Waals surface area contributed by atoms with Gasteiger partial charge in [0.05, 0.1) is 6.10 Å². The van der Waals surface area contributed by atoms with Crippen LogP contribution in [-0.4, -0.2) is 18.6 Å². The molecule has 1 rings (SSSR count). The van der Waals surface area contributed by atoms with Crippen molar-refractivity contribution in [3.63, 3.8) is 0 Å². The molecule has 2 atom stereocenters. The van der Waals surface area contributed by atoms with Gasteiger partial charge in [0.25, 0.3) is 0 Å². The highest BCUT2D eigenvalue weighted by atomic mass is 28.3. The molecule has 0 radical (unpaired) electrons. The van der Waals surface area contributed by atoms with E-state index in [4.69, 9.17) is 0 Å². The van der Waals surface area contributed by atoms with Crippen molar-refractivity contribution in [2.45, 2.75) is 51.9 Å². The Bertz CT molecular complexity index is 390. The molecule has 0 spiro atoms. The Morgan fingerprint density at radius 3 is 2.00 bits per heavy atom. The van der Waals surface area contributed by atoms with Gasteiger partial charge in [0.15, 0.2) is 0 Å². The lowest BCUT2D eigenvalue weighted by Gasteiger charge is -2.31. The summed E-state index contributed by atoms with van der Waals surface area (Å²) in [7, 11) is -1.88. The van der Waals surface area contributed by atoms with E-state index in [1.165, 1.54) is 0 Å². The highest BCUT2D eigenvalue weighted by molar-refractivity contribution is 7.06. The molecule has 0 aliphatic rings. The molecule has 0 saturated heterocycles. The Labute approximate surface area is 117 Å². The number of aliphatic hydroxyl groups excluding tert-OH is 1. The van der Waals surface area contributed by atoms with Gasteiger partial charge in [0, 0.05) is 5.92 Å². The van der Waals surface area contributed by atoms with E-state index in [9.17, 15) is 9.90 Å². The number of hydrogen-bond acceptors (Lipinski definition) is 2. The van der Waals surface area contributed by atoms with Crippen molar-refractivity contribution in [2.24, 2.45) is 5.92 Å². The van der Waals surface area contributed by atoms with Crippen molar-refractivity contribution in [3.05, 3.63) is 35.9 Å². The van der Waals surface area contributed by atoms with Crippen LogP contribution in [-0.2, 0) is 4.79 Å². The van der Waals surface area contributed by atoms with Gasteiger partial charge < -0.3 is 9.90 Å². The summed E-state index contributed by atoms with van der Waals surface area (Å²) in [6, 6.07) is 12.4. The van der Waals surface area contributed by atoms with Crippen molar-refractivity contribution in [2.75, 3.05) is 0 Å². The zero-order valence-electron chi connectivity index (χ0n) is 12.5. The molecule has 0 aliphatic heterocycles. The topological polar surface area (TPSA) is 37.3 Å². The van der Waals surface area contributed by atoms with E-state index in [2.05, 4.69) is 20.8 Å². The van der Waals surface area contributed by atoms with Crippen LogP contribution in [0.25, 0.3) is 0 Å². The third kappa shape index (κ3) is 3.34. The van der Waals surface area contributed by atoms with Crippen molar-refractivity contribution in [3.8, 4) is 0 Å². The highest BCUT2D eigenvalue weighted by Gasteiger charge is 2.40. The molecule has 0 aliphatic carbocycles. The largest absolute Gasteiger partial charge is 0.388 e. The van der Waals surface area contributed by atoms with Crippen molar-refractivity contribution < 1.29 is 9.90 Å². The van der Waals surface area contributed by atoms with Crippen LogP contribution in [0.15, 0.2) is 30.3 Å². The number of benzene rings is 1. The quantitative estimate of drug-likeness (QED) is 0.766. The standard InChI is InChI=1S/C16H26O2Si/c1-5-19(6-2,7-3)16(18)13(4)15(17)14-11-9-8-10-12-14/h8-13,15,17H,5-7H2,1-4H3/t13-,15+/m0/s1. The van der Waals surface area contributed by atoms with E-state index >= 15 is 0 Å². The van der Waals surface area contributed by atoms with Gasteiger partial charge in [-0.25, -0.2) is 0 Å². The van der Waals surface area contributed by atoms with Crippen LogP contribution in [0.2, 0.25) is 18.1 Å². The Morgan fingerprint density at radius 2 is 1.58 bits per heavy atom. The minimum Gasteiger partial charge on any atom is -0.388 e. The highest BCUT2D eigenvalue weighted by Crippen LogP contribution is 2.30. The zero-order valence-corrected chi connectivity index (χ0v) is 13.5. The maximum atomic E-state index is 12.8. The second-order valence-electron chi connectivity index (χ2n) is 5.35. The summed E-state index contributed by atoms with van der Waals surface area (Å²) >= 11 is 0. The van der Waals surface area contributed by atoms with Crippen LogP contribution in [0.3, 0.4) is 0 Å². The fourth-order valence-corrected chi connectivity index (χ4v) is 6.51. The van der Waals surface area contributed by atoms with Crippen LogP contribution < -0.4 is 0 Å². The molecule has 19 heavy (non-hydrogen) atoms. The van der Waals surface area contributed by atoms with E-state index in [-0.39, 0.29) is 5.92 Å². The zero-order chi connectivity index (χ0) is 14.5. The number of aliphatic hydroxyl groups is 1. The summed E-state index contributed by atoms with van der Waals surface area (Å²) in [5.41, 5.74) is 0.842. The predicted octanol–water partition coefficient (Wildman–Crippen LogP) is 3.97. The molecule has 0 fully saturated rings. The van der Waals surface area contributed by atoms with Crippen LogP contribution >= 0.6 is 0 Å². The minimum absolute atomic E-state index is 0.297. The third-order valence-electron chi connectivity index (χ3n) is 4.58. The van der Waals surface area contributed by atoms with Crippen molar-refractivity contribution in [1.29, 1.82) is 0 Å². The Hall–Kier alpha value is -0.933. The Morgan fingerprint density at radius 1 is 1.11 bits per heavy atom. The number of carbonyl (C=O) groups excluding carboxylic acids is 1. The molecule has 1 aromatic carbocycles. The lowest BCUT2D eigenvalue weighted by Crippen LogP contribution is -2.46. The molecule has 0 saturated carbocycles. The van der Waals surface area contributed by atoms with Crippen LogP contribution in [0, 0.1) is 5.92 Å². The number of rotatable bonds is 7. The van der Waals surface area contributed by atoms with Gasteiger partial charge in [-0.1, -0.05) is 76.2 Å². The van der Waals surface area contributed by atoms with Crippen LogP contribution in [0.4, 0.5) is 0 Å².